The molecule has 0 bridgehead atoms. The van der Waals surface area contributed by atoms with Crippen molar-refractivity contribution < 1.29 is 9.53 Å². The van der Waals surface area contributed by atoms with E-state index in [4.69, 9.17) is 16.2 Å². The Balaban J connectivity index is 2.07. The van der Waals surface area contributed by atoms with Crippen LogP contribution in [0.1, 0.15) is 45.6 Å². The van der Waals surface area contributed by atoms with Gasteiger partial charge in [-0.2, -0.15) is 0 Å². The van der Waals surface area contributed by atoms with Gasteiger partial charge in [0.2, 0.25) is 5.91 Å². The van der Waals surface area contributed by atoms with Gasteiger partial charge in [-0.15, -0.1) is 0 Å². The van der Waals surface area contributed by atoms with Gasteiger partial charge in [-0.3, -0.25) is 4.79 Å². The van der Waals surface area contributed by atoms with Crippen molar-refractivity contribution in [3.63, 3.8) is 0 Å². The topological polar surface area (TPSA) is 78.3 Å². The van der Waals surface area contributed by atoms with Gasteiger partial charge in [0, 0.05) is 6.42 Å². The predicted octanol–water partition coefficient (Wildman–Crippen LogP) is 2.10. The van der Waals surface area contributed by atoms with Crippen LogP contribution in [0.3, 0.4) is 0 Å². The van der Waals surface area contributed by atoms with Crippen LogP contribution in [0.25, 0.3) is 0 Å². The molecule has 20 heavy (non-hydrogen) atoms. The molecule has 1 amide bonds. The average molecular weight is 276 g/mol. The first-order valence-corrected chi connectivity index (χ1v) is 7.07. The number of hydrogen-bond donors (Lipinski definition) is 2. The van der Waals surface area contributed by atoms with Gasteiger partial charge in [0.05, 0.1) is 5.54 Å². The van der Waals surface area contributed by atoms with E-state index in [1.165, 1.54) is 5.56 Å². The van der Waals surface area contributed by atoms with Crippen LogP contribution in [0.15, 0.2) is 24.3 Å². The summed E-state index contributed by atoms with van der Waals surface area (Å²) in [4.78, 5) is 11.3. The molecule has 2 atom stereocenters. The molecule has 0 radical (unpaired) electrons. The first kappa shape index (κ1) is 14.9. The normalized spacial score (nSPS) is 26.5. The lowest BCUT2D eigenvalue weighted by atomic mass is 9.87. The van der Waals surface area contributed by atoms with Gasteiger partial charge in [0.25, 0.3) is 0 Å². The number of benzene rings is 1. The SMILES string of the molecule is CC(C)(C)c1cccc(OC2CCC(N)(C(N)=O)C2)c1. The molecule has 110 valence electrons. The molecule has 1 aliphatic carbocycles. The van der Waals surface area contributed by atoms with Crippen LogP contribution in [-0.2, 0) is 10.2 Å². The predicted molar refractivity (Wildman–Crippen MR) is 79.5 cm³/mol. The largest absolute Gasteiger partial charge is 0.490 e. The van der Waals surface area contributed by atoms with Crippen molar-refractivity contribution in [2.75, 3.05) is 0 Å². The fourth-order valence-electron chi connectivity index (χ4n) is 2.58. The van der Waals surface area contributed by atoms with Crippen molar-refractivity contribution in [2.24, 2.45) is 11.5 Å². The Labute approximate surface area is 120 Å². The van der Waals surface area contributed by atoms with Crippen LogP contribution >= 0.6 is 0 Å². The molecule has 4 heteroatoms. The van der Waals surface area contributed by atoms with E-state index in [1.54, 1.807) is 0 Å². The van der Waals surface area contributed by atoms with E-state index in [0.717, 1.165) is 12.2 Å². The molecule has 2 rings (SSSR count). The molecule has 1 aliphatic rings. The maximum Gasteiger partial charge on any atom is 0.237 e. The number of carbonyl (C=O) groups excluding carboxylic acids is 1. The second-order valence-electron chi connectivity index (χ2n) is 6.78. The Hall–Kier alpha value is -1.55. The summed E-state index contributed by atoms with van der Waals surface area (Å²) in [6.45, 7) is 6.50. The van der Waals surface area contributed by atoms with E-state index < -0.39 is 11.4 Å². The Morgan fingerprint density at radius 2 is 2.10 bits per heavy atom. The summed E-state index contributed by atoms with van der Waals surface area (Å²) >= 11 is 0. The third-order valence-corrected chi connectivity index (χ3v) is 4.00. The number of amides is 1. The number of nitrogens with two attached hydrogens (primary N) is 2. The van der Waals surface area contributed by atoms with E-state index in [0.29, 0.717) is 12.8 Å². The van der Waals surface area contributed by atoms with Crippen molar-refractivity contribution >= 4 is 5.91 Å². The molecular weight excluding hydrogens is 252 g/mol. The van der Waals surface area contributed by atoms with Crippen molar-refractivity contribution in [3.8, 4) is 5.75 Å². The maximum atomic E-state index is 11.3. The molecule has 4 nitrogen and oxygen atoms in total. The molecular formula is C16H24N2O2. The van der Waals surface area contributed by atoms with Crippen LogP contribution < -0.4 is 16.2 Å². The molecule has 0 spiro atoms. The van der Waals surface area contributed by atoms with Crippen molar-refractivity contribution in [3.05, 3.63) is 29.8 Å². The van der Waals surface area contributed by atoms with E-state index >= 15 is 0 Å². The van der Waals surface area contributed by atoms with E-state index in [2.05, 4.69) is 32.9 Å². The van der Waals surface area contributed by atoms with Crippen LogP contribution in [0, 0.1) is 0 Å². The lowest BCUT2D eigenvalue weighted by Gasteiger charge is -2.22. The second-order valence-corrected chi connectivity index (χ2v) is 6.78. The van der Waals surface area contributed by atoms with Crippen molar-refractivity contribution in [1.29, 1.82) is 0 Å². The van der Waals surface area contributed by atoms with Crippen LogP contribution in [0.2, 0.25) is 0 Å². The second kappa shape index (κ2) is 5.09. The number of ether oxygens (including phenoxy) is 1. The summed E-state index contributed by atoms with van der Waals surface area (Å²) in [6.07, 6.45) is 1.80. The average Bonchev–Trinajstić information content (AvgIpc) is 2.72. The molecule has 0 heterocycles. The maximum absolute atomic E-state index is 11.3. The third kappa shape index (κ3) is 3.12. The lowest BCUT2D eigenvalue weighted by molar-refractivity contribution is -0.123. The molecule has 2 unspecified atom stereocenters. The highest BCUT2D eigenvalue weighted by atomic mass is 16.5. The Morgan fingerprint density at radius 3 is 2.65 bits per heavy atom. The third-order valence-electron chi connectivity index (χ3n) is 4.00. The molecule has 0 aliphatic heterocycles. The minimum atomic E-state index is -0.910. The van der Waals surface area contributed by atoms with Gasteiger partial charge >= 0.3 is 0 Å². The molecule has 1 saturated carbocycles. The zero-order chi connectivity index (χ0) is 15.0. The highest BCUT2D eigenvalue weighted by Gasteiger charge is 2.41. The highest BCUT2D eigenvalue weighted by molar-refractivity contribution is 5.84. The van der Waals surface area contributed by atoms with Gasteiger partial charge in [-0.1, -0.05) is 32.9 Å². The summed E-state index contributed by atoms with van der Waals surface area (Å²) in [5, 5.41) is 0. The van der Waals surface area contributed by atoms with E-state index in [9.17, 15) is 4.79 Å². The monoisotopic (exact) mass is 276 g/mol. The summed E-state index contributed by atoms with van der Waals surface area (Å²) in [7, 11) is 0. The number of primary amides is 1. The molecule has 1 fully saturated rings. The summed E-state index contributed by atoms with van der Waals surface area (Å²) in [6, 6.07) is 8.09. The van der Waals surface area contributed by atoms with Gasteiger partial charge in [0.15, 0.2) is 0 Å². The molecule has 4 N–H and O–H groups in total. The van der Waals surface area contributed by atoms with Crippen molar-refractivity contribution in [1.82, 2.24) is 0 Å². The zero-order valence-corrected chi connectivity index (χ0v) is 12.5. The Bertz CT molecular complexity index is 507. The lowest BCUT2D eigenvalue weighted by Crippen LogP contribution is -2.50. The summed E-state index contributed by atoms with van der Waals surface area (Å²) in [5.74, 6) is 0.392. The zero-order valence-electron chi connectivity index (χ0n) is 12.5. The molecule has 0 saturated heterocycles. The fourth-order valence-corrected chi connectivity index (χ4v) is 2.58. The summed E-state index contributed by atoms with van der Waals surface area (Å²) < 4.78 is 5.97. The number of carbonyl (C=O) groups is 1. The minimum absolute atomic E-state index is 0.0391. The smallest absolute Gasteiger partial charge is 0.237 e. The standard InChI is InChI=1S/C16H24N2O2/c1-15(2,3)11-5-4-6-12(9-11)20-13-7-8-16(18,10-13)14(17)19/h4-6,9,13H,7-8,10,18H2,1-3H3,(H2,17,19). The quantitative estimate of drug-likeness (QED) is 0.887. The van der Waals surface area contributed by atoms with Gasteiger partial charge in [0.1, 0.15) is 11.9 Å². The van der Waals surface area contributed by atoms with Gasteiger partial charge in [-0.25, -0.2) is 0 Å². The van der Waals surface area contributed by atoms with Crippen LogP contribution in [-0.4, -0.2) is 17.6 Å². The van der Waals surface area contributed by atoms with E-state index in [-0.39, 0.29) is 11.5 Å². The highest BCUT2D eigenvalue weighted by Crippen LogP contribution is 2.32. The Kier molecular flexibility index (Phi) is 3.78. The minimum Gasteiger partial charge on any atom is -0.490 e. The molecule has 1 aromatic carbocycles. The van der Waals surface area contributed by atoms with Crippen LogP contribution in [0.5, 0.6) is 5.75 Å². The molecule has 1 aromatic rings. The molecule has 0 aromatic heterocycles. The van der Waals surface area contributed by atoms with Crippen LogP contribution in [0.4, 0.5) is 0 Å². The van der Waals surface area contributed by atoms with Gasteiger partial charge < -0.3 is 16.2 Å². The first-order valence-electron chi connectivity index (χ1n) is 7.07. The van der Waals surface area contributed by atoms with Gasteiger partial charge in [-0.05, 0) is 36.0 Å². The fraction of sp³-hybridized carbons (Fsp3) is 0.562. The Morgan fingerprint density at radius 1 is 1.40 bits per heavy atom. The summed E-state index contributed by atoms with van der Waals surface area (Å²) in [5.41, 5.74) is 11.7. The number of rotatable bonds is 3. The van der Waals surface area contributed by atoms with E-state index in [1.807, 2.05) is 12.1 Å². The first-order chi connectivity index (χ1) is 9.21. The van der Waals surface area contributed by atoms with Crippen molar-refractivity contribution in [2.45, 2.75) is 57.1 Å². The number of hydrogen-bond acceptors (Lipinski definition) is 3.